The van der Waals surface area contributed by atoms with Gasteiger partial charge in [-0.3, -0.25) is 0 Å². The molecule has 0 aliphatic carbocycles. The van der Waals surface area contributed by atoms with E-state index in [4.69, 9.17) is 17.3 Å². The first-order valence-electron chi connectivity index (χ1n) is 4.89. The minimum absolute atomic E-state index is 0.361. The highest BCUT2D eigenvalue weighted by atomic mass is 35.5. The Hall–Kier alpha value is -0.610. The third-order valence-electron chi connectivity index (χ3n) is 1.78. The maximum absolute atomic E-state index is 5.80. The van der Waals surface area contributed by atoms with Crippen LogP contribution >= 0.6 is 23.4 Å². The van der Waals surface area contributed by atoms with E-state index >= 15 is 0 Å². The number of hydrogen-bond donors (Lipinski definition) is 2. The highest BCUT2D eigenvalue weighted by molar-refractivity contribution is 7.99. The number of nitrogens with zero attached hydrogens (tertiary/aromatic N) is 1. The smallest absolute Gasteiger partial charge is 0.133 e. The molecule has 3 nitrogen and oxygen atoms in total. The third kappa shape index (κ3) is 4.62. The van der Waals surface area contributed by atoms with Gasteiger partial charge in [0.2, 0.25) is 0 Å². The molecule has 1 aromatic heterocycles. The number of aromatic nitrogens is 1. The molecular formula is C10H16ClN3S. The van der Waals surface area contributed by atoms with Gasteiger partial charge in [-0.2, -0.15) is 11.8 Å². The van der Waals surface area contributed by atoms with Crippen molar-refractivity contribution in [3.05, 3.63) is 17.3 Å². The second-order valence-corrected chi connectivity index (χ2v) is 5.02. The predicted octanol–water partition coefficient (Wildman–Crippen LogP) is 2.87. The van der Waals surface area contributed by atoms with E-state index in [0.29, 0.717) is 16.9 Å². The molecule has 0 radical (unpaired) electrons. The first-order chi connectivity index (χ1) is 7.11. The van der Waals surface area contributed by atoms with Gasteiger partial charge in [-0.15, -0.1) is 0 Å². The first kappa shape index (κ1) is 12.5. The lowest BCUT2D eigenvalue weighted by Crippen LogP contribution is -2.19. The van der Waals surface area contributed by atoms with Gasteiger partial charge >= 0.3 is 0 Å². The average molecular weight is 246 g/mol. The summed E-state index contributed by atoms with van der Waals surface area (Å²) in [6.45, 7) is 4.26. The normalized spacial score (nSPS) is 12.5. The molecule has 1 aromatic rings. The molecule has 0 fully saturated rings. The van der Waals surface area contributed by atoms with Gasteiger partial charge in [-0.05, 0) is 18.7 Å². The second-order valence-electron chi connectivity index (χ2n) is 3.31. The number of thioether (sulfide) groups is 1. The van der Waals surface area contributed by atoms with Gasteiger partial charge < -0.3 is 11.1 Å². The van der Waals surface area contributed by atoms with Crippen molar-refractivity contribution in [3.63, 3.8) is 0 Å². The number of halogens is 1. The van der Waals surface area contributed by atoms with Crippen LogP contribution < -0.4 is 11.1 Å². The van der Waals surface area contributed by atoms with E-state index in [0.717, 1.165) is 17.3 Å². The van der Waals surface area contributed by atoms with Crippen molar-refractivity contribution < 1.29 is 0 Å². The molecule has 0 bridgehead atoms. The molecule has 1 atom stereocenters. The number of nitrogen functional groups attached to an aromatic ring is 1. The van der Waals surface area contributed by atoms with Crippen LogP contribution in [0.15, 0.2) is 12.1 Å². The number of anilines is 2. The van der Waals surface area contributed by atoms with E-state index in [-0.39, 0.29) is 0 Å². The molecule has 1 heterocycles. The van der Waals surface area contributed by atoms with Crippen molar-refractivity contribution in [2.45, 2.75) is 19.9 Å². The molecule has 1 rings (SSSR count). The van der Waals surface area contributed by atoms with Gasteiger partial charge in [0.15, 0.2) is 0 Å². The summed E-state index contributed by atoms with van der Waals surface area (Å²) in [7, 11) is 0. The molecule has 0 saturated heterocycles. The minimum Gasteiger partial charge on any atom is -0.399 e. The summed E-state index contributed by atoms with van der Waals surface area (Å²) in [4.78, 5) is 4.15. The molecular weight excluding hydrogens is 230 g/mol. The van der Waals surface area contributed by atoms with E-state index in [9.17, 15) is 0 Å². The predicted molar refractivity (Wildman–Crippen MR) is 69.7 cm³/mol. The lowest BCUT2D eigenvalue weighted by Gasteiger charge is -2.14. The summed E-state index contributed by atoms with van der Waals surface area (Å²) in [6, 6.07) is 3.79. The van der Waals surface area contributed by atoms with E-state index in [1.807, 2.05) is 11.8 Å². The molecule has 0 aliphatic heterocycles. The molecule has 0 aromatic carbocycles. The van der Waals surface area contributed by atoms with Crippen LogP contribution in [0.2, 0.25) is 5.15 Å². The molecule has 0 amide bonds. The van der Waals surface area contributed by atoms with E-state index in [2.05, 4.69) is 24.1 Å². The number of rotatable bonds is 5. The maximum atomic E-state index is 5.80. The topological polar surface area (TPSA) is 50.9 Å². The summed E-state index contributed by atoms with van der Waals surface area (Å²) < 4.78 is 0. The van der Waals surface area contributed by atoms with Crippen molar-refractivity contribution >= 4 is 34.9 Å². The van der Waals surface area contributed by atoms with Crippen molar-refractivity contribution in [1.29, 1.82) is 0 Å². The molecule has 3 N–H and O–H groups in total. The summed E-state index contributed by atoms with van der Waals surface area (Å²) >= 11 is 7.69. The second kappa shape index (κ2) is 6.08. The van der Waals surface area contributed by atoms with Crippen LogP contribution in [0.25, 0.3) is 0 Å². The minimum atomic E-state index is 0.361. The average Bonchev–Trinajstić information content (AvgIpc) is 2.13. The Bertz CT molecular complexity index is 299. The van der Waals surface area contributed by atoms with Crippen LogP contribution in [0, 0.1) is 0 Å². The fourth-order valence-electron chi connectivity index (χ4n) is 1.18. The lowest BCUT2D eigenvalue weighted by molar-refractivity contribution is 0.902. The van der Waals surface area contributed by atoms with Crippen molar-refractivity contribution in [1.82, 2.24) is 4.98 Å². The van der Waals surface area contributed by atoms with Crippen LogP contribution in [-0.2, 0) is 0 Å². The van der Waals surface area contributed by atoms with Crippen LogP contribution in [-0.4, -0.2) is 22.5 Å². The Morgan fingerprint density at radius 1 is 1.60 bits per heavy atom. The highest BCUT2D eigenvalue weighted by Crippen LogP contribution is 2.17. The third-order valence-corrected chi connectivity index (χ3v) is 3.12. The largest absolute Gasteiger partial charge is 0.399 e. The molecule has 0 saturated carbocycles. The van der Waals surface area contributed by atoms with Gasteiger partial charge in [0.25, 0.3) is 0 Å². The Morgan fingerprint density at radius 3 is 2.93 bits per heavy atom. The molecule has 5 heteroatoms. The first-order valence-corrected chi connectivity index (χ1v) is 6.42. The zero-order valence-electron chi connectivity index (χ0n) is 8.96. The van der Waals surface area contributed by atoms with E-state index in [1.165, 1.54) is 0 Å². The van der Waals surface area contributed by atoms with Gasteiger partial charge in [0.1, 0.15) is 11.0 Å². The zero-order chi connectivity index (χ0) is 11.3. The lowest BCUT2D eigenvalue weighted by atomic mass is 10.3. The van der Waals surface area contributed by atoms with E-state index in [1.54, 1.807) is 12.1 Å². The van der Waals surface area contributed by atoms with Gasteiger partial charge in [0.05, 0.1) is 0 Å². The van der Waals surface area contributed by atoms with Crippen molar-refractivity contribution in [2.24, 2.45) is 0 Å². The SMILES string of the molecule is CCSCC(C)Nc1cc(N)cc(Cl)n1. The zero-order valence-corrected chi connectivity index (χ0v) is 10.5. The van der Waals surface area contributed by atoms with E-state index < -0.39 is 0 Å². The molecule has 15 heavy (non-hydrogen) atoms. The summed E-state index contributed by atoms with van der Waals surface area (Å²) in [5.74, 6) is 2.91. The molecule has 1 unspecified atom stereocenters. The summed E-state index contributed by atoms with van der Waals surface area (Å²) in [6.07, 6.45) is 0. The monoisotopic (exact) mass is 245 g/mol. The van der Waals surface area contributed by atoms with Crippen molar-refractivity contribution in [2.75, 3.05) is 22.6 Å². The Morgan fingerprint density at radius 2 is 2.33 bits per heavy atom. The quantitative estimate of drug-likeness (QED) is 0.784. The van der Waals surface area contributed by atoms with Crippen LogP contribution in [0.1, 0.15) is 13.8 Å². The number of nitrogens with two attached hydrogens (primary N) is 1. The highest BCUT2D eigenvalue weighted by Gasteiger charge is 2.04. The number of nitrogens with one attached hydrogen (secondary N) is 1. The Balaban J connectivity index is 2.56. The molecule has 0 aliphatic rings. The van der Waals surface area contributed by atoms with Crippen molar-refractivity contribution in [3.8, 4) is 0 Å². The fourth-order valence-corrected chi connectivity index (χ4v) is 2.07. The standard InChI is InChI=1S/C10H16ClN3S/c1-3-15-6-7(2)13-10-5-8(12)4-9(11)14-10/h4-5,7H,3,6H2,1-2H3,(H3,12,13,14). The maximum Gasteiger partial charge on any atom is 0.133 e. The van der Waals surface area contributed by atoms with Crippen LogP contribution in [0.3, 0.4) is 0 Å². The fraction of sp³-hybridized carbons (Fsp3) is 0.500. The Labute approximate surface area is 99.8 Å². The molecule has 84 valence electrons. The Kier molecular flexibility index (Phi) is 5.05. The van der Waals surface area contributed by atoms with Crippen LogP contribution in [0.5, 0.6) is 0 Å². The van der Waals surface area contributed by atoms with Gasteiger partial charge in [-0.1, -0.05) is 18.5 Å². The summed E-state index contributed by atoms with van der Waals surface area (Å²) in [5.41, 5.74) is 6.30. The summed E-state index contributed by atoms with van der Waals surface area (Å²) in [5, 5.41) is 3.69. The van der Waals surface area contributed by atoms with Crippen LogP contribution in [0.4, 0.5) is 11.5 Å². The number of hydrogen-bond acceptors (Lipinski definition) is 4. The number of pyridine rings is 1. The van der Waals surface area contributed by atoms with Gasteiger partial charge in [0, 0.05) is 23.5 Å². The van der Waals surface area contributed by atoms with Gasteiger partial charge in [-0.25, -0.2) is 4.98 Å². The molecule has 0 spiro atoms.